The highest BCUT2D eigenvalue weighted by Gasteiger charge is 2.23. The van der Waals surface area contributed by atoms with E-state index in [1.807, 2.05) is 0 Å². The maximum atomic E-state index is 12.1. The Morgan fingerprint density at radius 2 is 0.714 bits per heavy atom. The lowest BCUT2D eigenvalue weighted by atomic mass is 10.2. The highest BCUT2D eigenvalue weighted by molar-refractivity contribution is 5.79. The Labute approximate surface area is 195 Å². The summed E-state index contributed by atoms with van der Waals surface area (Å²) in [6, 6.07) is 19.1. The first-order chi connectivity index (χ1) is 16.8. The first kappa shape index (κ1) is 21.5. The lowest BCUT2D eigenvalue weighted by molar-refractivity contribution is -0.591. The van der Waals surface area contributed by atoms with Crippen LogP contribution in [0.4, 0.5) is 0 Å². The van der Waals surface area contributed by atoms with E-state index < -0.39 is 11.5 Å². The van der Waals surface area contributed by atoms with Crippen LogP contribution in [0.3, 0.4) is 0 Å². The van der Waals surface area contributed by atoms with Gasteiger partial charge in [-0.3, -0.25) is 0 Å². The monoisotopic (exact) mass is 472 g/mol. The first-order valence-corrected chi connectivity index (χ1v) is 10.2. The molecule has 0 atom stereocenters. The minimum atomic E-state index is -0.442. The zero-order valence-electron chi connectivity index (χ0n) is 17.8. The number of phenolic OH excluding ortho intramolecular Hbond substituents is 3. The number of fused-ring (bicyclic) bond motifs is 4. The summed E-state index contributed by atoms with van der Waals surface area (Å²) in [5, 5.41) is 76.4. The van der Waals surface area contributed by atoms with Crippen LogP contribution in [0.5, 0.6) is 17.2 Å². The molecule has 0 saturated heterocycles. The lowest BCUT2D eigenvalue weighted by Crippen LogP contribution is -2.39. The van der Waals surface area contributed by atoms with Gasteiger partial charge in [-0.15, -0.1) is 0 Å². The molecule has 0 spiro atoms. The van der Waals surface area contributed by atoms with Gasteiger partial charge in [0.1, 0.15) is 5.75 Å². The molecule has 0 amide bonds. The molecule has 0 aliphatic heterocycles. The van der Waals surface area contributed by atoms with Gasteiger partial charge in [-0.2, -0.15) is 18.9 Å². The minimum Gasteiger partial charge on any atom is -0.617 e. The normalized spacial score (nSPS) is 11.1. The fourth-order valence-electron chi connectivity index (χ4n) is 3.86. The van der Waals surface area contributed by atoms with Gasteiger partial charge in [-0.1, -0.05) is 24.3 Å². The van der Waals surface area contributed by atoms with Crippen LogP contribution < -0.4 is 18.9 Å². The third-order valence-corrected chi connectivity index (χ3v) is 5.54. The van der Waals surface area contributed by atoms with E-state index in [0.717, 1.165) is 12.1 Å². The molecule has 174 valence electrons. The zero-order valence-corrected chi connectivity index (χ0v) is 17.8. The molecule has 6 rings (SSSR count). The average Bonchev–Trinajstić information content (AvgIpc) is 2.87. The number of hydrogen-bond acceptors (Lipinski definition) is 7. The van der Waals surface area contributed by atoms with E-state index in [1.54, 1.807) is 36.4 Å². The van der Waals surface area contributed by atoms with Crippen molar-refractivity contribution in [3.8, 4) is 17.2 Å². The third-order valence-electron chi connectivity index (χ3n) is 5.54. The van der Waals surface area contributed by atoms with Gasteiger partial charge in [-0.05, 0) is 6.07 Å². The summed E-state index contributed by atoms with van der Waals surface area (Å²) in [7, 11) is 0. The molecule has 3 N–H and O–H groups in total. The number of para-hydroxylation sites is 4. The number of benzene rings is 4. The van der Waals surface area contributed by atoms with Gasteiger partial charge in [0.05, 0.1) is 18.2 Å². The Morgan fingerprint density at radius 3 is 1.11 bits per heavy atom. The number of aromatic hydroxyl groups is 3. The Balaban J connectivity index is 0.000000145. The van der Waals surface area contributed by atoms with Crippen molar-refractivity contribution in [2.75, 3.05) is 0 Å². The van der Waals surface area contributed by atoms with E-state index in [9.17, 15) is 36.1 Å². The smallest absolute Gasteiger partial charge is 0.294 e. The molecule has 0 radical (unpaired) electrons. The van der Waals surface area contributed by atoms with Crippen molar-refractivity contribution in [1.82, 2.24) is 0 Å². The van der Waals surface area contributed by atoms with Crippen molar-refractivity contribution in [2.24, 2.45) is 0 Å². The van der Waals surface area contributed by atoms with Crippen molar-refractivity contribution in [3.05, 3.63) is 99.7 Å². The Morgan fingerprint density at radius 1 is 0.400 bits per heavy atom. The van der Waals surface area contributed by atoms with Crippen molar-refractivity contribution >= 4 is 44.1 Å². The molecule has 0 bridgehead atoms. The van der Waals surface area contributed by atoms with E-state index >= 15 is 0 Å². The summed E-state index contributed by atoms with van der Waals surface area (Å²) in [5.41, 5.74) is 1.37. The van der Waals surface area contributed by atoms with Crippen LogP contribution in [0, 0.1) is 20.8 Å². The predicted molar refractivity (Wildman–Crippen MR) is 124 cm³/mol. The molecule has 0 fully saturated rings. The predicted octanol–water partition coefficient (Wildman–Crippen LogP) is 1.64. The van der Waals surface area contributed by atoms with Crippen molar-refractivity contribution in [3.63, 3.8) is 0 Å². The van der Waals surface area contributed by atoms with Crippen molar-refractivity contribution in [2.45, 2.75) is 0 Å². The fraction of sp³-hybridized carbons (Fsp3) is 0. The second kappa shape index (κ2) is 7.92. The van der Waals surface area contributed by atoms with Crippen LogP contribution in [0.2, 0.25) is 0 Å². The van der Waals surface area contributed by atoms with E-state index in [4.69, 9.17) is 0 Å². The van der Waals surface area contributed by atoms with E-state index in [1.165, 1.54) is 30.3 Å². The average molecular weight is 472 g/mol. The maximum absolute atomic E-state index is 12.1. The molecule has 35 heavy (non-hydrogen) atoms. The Bertz CT molecular complexity index is 1720. The van der Waals surface area contributed by atoms with Crippen LogP contribution in [0.1, 0.15) is 0 Å². The second-order valence-electron chi connectivity index (χ2n) is 7.66. The number of aromatic nitrogens is 4. The van der Waals surface area contributed by atoms with Gasteiger partial charge in [0.2, 0.25) is 0 Å². The van der Waals surface area contributed by atoms with Gasteiger partial charge in [-0.25, -0.2) is 0 Å². The summed E-state index contributed by atoms with van der Waals surface area (Å²) in [4.78, 5) is 0. The molecular weight excluding hydrogens is 456 g/mol. The molecule has 0 saturated carbocycles. The first-order valence-electron chi connectivity index (χ1n) is 10.2. The van der Waals surface area contributed by atoms with Crippen LogP contribution >= 0.6 is 0 Å². The van der Waals surface area contributed by atoms with E-state index in [2.05, 4.69) is 0 Å². The number of phenols is 3. The summed E-state index contributed by atoms with van der Waals surface area (Å²) in [6.45, 7) is 0. The van der Waals surface area contributed by atoms with Crippen LogP contribution in [0.15, 0.2) is 78.9 Å². The van der Waals surface area contributed by atoms with E-state index in [-0.39, 0.29) is 44.4 Å². The largest absolute Gasteiger partial charge is 0.617 e. The third kappa shape index (κ3) is 3.38. The summed E-state index contributed by atoms with van der Waals surface area (Å²) >= 11 is 0. The summed E-state index contributed by atoms with van der Waals surface area (Å²) in [5.74, 6) is -0.929. The Kier molecular flexibility index (Phi) is 4.87. The molecular formula is C24H16N4O7. The molecule has 0 aliphatic carbocycles. The summed E-state index contributed by atoms with van der Waals surface area (Å²) in [6.07, 6.45) is 0. The Hall–Kier alpha value is -5.32. The minimum absolute atomic E-state index is 0.000926. The number of rotatable bonds is 0. The van der Waals surface area contributed by atoms with Crippen LogP contribution in [-0.4, -0.2) is 15.3 Å². The zero-order chi connectivity index (χ0) is 24.9. The van der Waals surface area contributed by atoms with Gasteiger partial charge in [0.15, 0.2) is 11.5 Å². The van der Waals surface area contributed by atoms with Crippen LogP contribution in [0.25, 0.3) is 44.1 Å². The molecule has 0 unspecified atom stereocenters. The highest BCUT2D eigenvalue weighted by atomic mass is 16.5. The number of hydrogen-bond donors (Lipinski definition) is 3. The lowest BCUT2D eigenvalue weighted by Gasteiger charge is -2.08. The SMILES string of the molecule is [O-][n+]1c2ccccc2[n+]([O-])c2cc(O)c(O)cc21.[O-][n+]1c2ccccc2[n+]([O-])c2cc(O)ccc21. The van der Waals surface area contributed by atoms with E-state index in [0.29, 0.717) is 24.4 Å². The van der Waals surface area contributed by atoms with Gasteiger partial charge in [0.25, 0.3) is 44.1 Å². The molecule has 11 nitrogen and oxygen atoms in total. The molecule has 2 aromatic heterocycles. The molecule has 4 aromatic carbocycles. The standard InChI is InChI=1S/C12H8N2O4.C12H8N2O3/c15-11-5-9-10(6-12(11)16)14(18)8-4-2-1-3-7(8)13(9)17;15-8-5-6-11-12(7-8)14(17)10-4-2-1-3-9(10)13(11)16/h1-6,15-16H;1-7,15H. The highest BCUT2D eigenvalue weighted by Crippen LogP contribution is 2.28. The number of nitrogens with zero attached hydrogens (tertiary/aromatic N) is 4. The fourth-order valence-corrected chi connectivity index (χ4v) is 3.86. The molecule has 6 aromatic rings. The van der Waals surface area contributed by atoms with Crippen molar-refractivity contribution < 1.29 is 34.2 Å². The molecule has 0 aliphatic rings. The quantitative estimate of drug-likeness (QED) is 0.131. The van der Waals surface area contributed by atoms with Gasteiger partial charge in [0, 0.05) is 30.3 Å². The molecule has 2 heterocycles. The maximum Gasteiger partial charge on any atom is 0.294 e. The summed E-state index contributed by atoms with van der Waals surface area (Å²) < 4.78 is 2.45. The van der Waals surface area contributed by atoms with Crippen molar-refractivity contribution in [1.29, 1.82) is 0 Å². The van der Waals surface area contributed by atoms with Gasteiger partial charge < -0.3 is 36.1 Å². The van der Waals surface area contributed by atoms with Gasteiger partial charge >= 0.3 is 0 Å². The topological polar surface area (TPSA) is 168 Å². The molecule has 11 heteroatoms. The second-order valence-corrected chi connectivity index (χ2v) is 7.66. The van der Waals surface area contributed by atoms with Crippen LogP contribution in [-0.2, 0) is 0 Å².